The van der Waals surface area contributed by atoms with E-state index in [2.05, 4.69) is 10.1 Å². The van der Waals surface area contributed by atoms with Crippen molar-refractivity contribution in [1.82, 2.24) is 0 Å². The van der Waals surface area contributed by atoms with Gasteiger partial charge in [-0.2, -0.15) is 0 Å². The summed E-state index contributed by atoms with van der Waals surface area (Å²) in [4.78, 5) is 21.5. The highest BCUT2D eigenvalue weighted by molar-refractivity contribution is 5.85. The van der Waals surface area contributed by atoms with Gasteiger partial charge in [-0.05, 0) is 12.1 Å². The van der Waals surface area contributed by atoms with Gasteiger partial charge in [-0.25, -0.2) is 4.79 Å². The number of amides is 1. The van der Waals surface area contributed by atoms with E-state index in [0.717, 1.165) is 0 Å². The molecule has 1 aromatic carbocycles. The Hall–Kier alpha value is -2.77. The average Bonchev–Trinajstić information content (AvgIpc) is 2.92. The summed E-state index contributed by atoms with van der Waals surface area (Å²) >= 11 is 0. The second kappa shape index (κ2) is 5.25. The predicted molar refractivity (Wildman–Crippen MR) is 63.2 cm³/mol. The number of nitrogens with one attached hydrogen (secondary N) is 1. The maximum atomic E-state index is 11.0. The molecule has 2 rings (SSSR count). The minimum Gasteiger partial charge on any atom is -0.455 e. The molecule has 0 saturated heterocycles. The van der Waals surface area contributed by atoms with Crippen LogP contribution in [-0.4, -0.2) is 18.1 Å². The van der Waals surface area contributed by atoms with Crippen molar-refractivity contribution < 1.29 is 23.9 Å². The van der Waals surface area contributed by atoms with Crippen LogP contribution in [0, 0.1) is 10.1 Å². The van der Waals surface area contributed by atoms with Crippen LogP contribution in [0.4, 0.5) is 16.2 Å². The number of hydrogen-bond acceptors (Lipinski definition) is 6. The maximum Gasteiger partial charge on any atom is 0.411 e. The summed E-state index contributed by atoms with van der Waals surface area (Å²) in [7, 11) is 1.20. The third-order valence-electron chi connectivity index (χ3n) is 2.37. The number of nitrogens with zero attached hydrogens (tertiary/aromatic N) is 1. The van der Waals surface area contributed by atoms with E-state index in [9.17, 15) is 14.9 Å². The lowest BCUT2D eigenvalue weighted by Crippen LogP contribution is -2.11. The van der Waals surface area contributed by atoms with Gasteiger partial charge in [0.05, 0.1) is 17.7 Å². The number of anilines is 1. The van der Waals surface area contributed by atoms with Gasteiger partial charge in [0.15, 0.2) is 0 Å². The monoisotopic (exact) mass is 266 g/mol. The highest BCUT2D eigenvalue weighted by Gasteiger charge is 2.26. The van der Waals surface area contributed by atoms with Crippen LogP contribution in [0.3, 0.4) is 0 Å². The fourth-order valence-corrected chi connectivity index (χ4v) is 1.53. The van der Waals surface area contributed by atoms with Gasteiger partial charge in [-0.15, -0.1) is 0 Å². The minimum atomic E-state index is -0.854. The van der Waals surface area contributed by atoms with Crippen LogP contribution in [0.1, 0.15) is 11.9 Å². The largest absolute Gasteiger partial charge is 0.455 e. The topological polar surface area (TPSA) is 99.9 Å². The van der Waals surface area contributed by atoms with Gasteiger partial charge in [0, 0.05) is 6.07 Å². The van der Waals surface area contributed by atoms with E-state index >= 15 is 0 Å². The summed E-state index contributed by atoms with van der Waals surface area (Å²) in [6.45, 7) is 0. The molecule has 0 radical (unpaired) electrons. The quantitative estimate of drug-likeness (QED) is 0.665. The van der Waals surface area contributed by atoms with E-state index in [-0.39, 0.29) is 16.9 Å². The number of carbonyl (C=O) groups excluding carboxylic acids is 1. The molecule has 1 N–H and O–H groups in total. The Labute approximate surface area is 107 Å². The molecule has 1 aliphatic rings. The first kappa shape index (κ1) is 12.7. The van der Waals surface area contributed by atoms with Crippen LogP contribution < -0.4 is 5.32 Å². The number of nitro groups is 1. The lowest BCUT2D eigenvalue weighted by atomic mass is 10.1. The first-order valence-electron chi connectivity index (χ1n) is 5.21. The van der Waals surface area contributed by atoms with Gasteiger partial charge in [0.1, 0.15) is 18.1 Å². The molecule has 0 saturated carbocycles. The molecule has 1 aromatic rings. The lowest BCUT2D eigenvalue weighted by molar-refractivity contribution is -0.386. The van der Waals surface area contributed by atoms with Crippen molar-refractivity contribution in [1.29, 1.82) is 0 Å². The fourth-order valence-electron chi connectivity index (χ4n) is 1.53. The maximum absolute atomic E-state index is 11.0. The van der Waals surface area contributed by atoms with Gasteiger partial charge in [-0.3, -0.25) is 15.4 Å². The lowest BCUT2D eigenvalue weighted by Gasteiger charge is -2.12. The molecule has 0 fully saturated rings. The normalized spacial score (nSPS) is 13.5. The number of hydrogen-bond donors (Lipinski definition) is 1. The smallest absolute Gasteiger partial charge is 0.411 e. The van der Waals surface area contributed by atoms with E-state index in [1.165, 1.54) is 37.8 Å². The standard InChI is InChI=1S/C11H10N2O6/c1-17-11(14)12-7-2-3-8(9(6-7)13(15)16)10-18-4-5-19-10/h2-6,10H,1H3,(H,12,14). The zero-order chi connectivity index (χ0) is 13.8. The summed E-state index contributed by atoms with van der Waals surface area (Å²) < 4.78 is 14.5. The Morgan fingerprint density at radius 2 is 2.11 bits per heavy atom. The third kappa shape index (κ3) is 2.73. The summed E-state index contributed by atoms with van der Waals surface area (Å²) in [5.74, 6) is 0. The van der Waals surface area contributed by atoms with Crippen molar-refractivity contribution in [2.24, 2.45) is 0 Å². The Kier molecular flexibility index (Phi) is 3.51. The number of ether oxygens (including phenoxy) is 3. The Bertz CT molecular complexity index is 534. The summed E-state index contributed by atoms with van der Waals surface area (Å²) in [5, 5.41) is 13.4. The van der Waals surface area contributed by atoms with Crippen molar-refractivity contribution in [2.75, 3.05) is 12.4 Å². The number of rotatable bonds is 3. The van der Waals surface area contributed by atoms with Crippen LogP contribution in [0.25, 0.3) is 0 Å². The SMILES string of the molecule is COC(=O)Nc1ccc(C2OC=CO2)c([N+](=O)[O-])c1. The van der Waals surface area contributed by atoms with Gasteiger partial charge < -0.3 is 14.2 Å². The van der Waals surface area contributed by atoms with Gasteiger partial charge in [0.25, 0.3) is 12.0 Å². The molecule has 1 aliphatic heterocycles. The van der Waals surface area contributed by atoms with Gasteiger partial charge in [0.2, 0.25) is 0 Å². The van der Waals surface area contributed by atoms with Crippen molar-refractivity contribution >= 4 is 17.5 Å². The third-order valence-corrected chi connectivity index (χ3v) is 2.37. The Morgan fingerprint density at radius 3 is 2.68 bits per heavy atom. The van der Waals surface area contributed by atoms with E-state index < -0.39 is 17.3 Å². The first-order chi connectivity index (χ1) is 9.11. The molecule has 0 bridgehead atoms. The fraction of sp³-hybridized carbons (Fsp3) is 0.182. The molecule has 19 heavy (non-hydrogen) atoms. The molecule has 0 spiro atoms. The predicted octanol–water partition coefficient (Wildman–Crippen LogP) is 2.29. The van der Waals surface area contributed by atoms with Crippen LogP contribution >= 0.6 is 0 Å². The molecule has 8 heteroatoms. The molecule has 0 aromatic heterocycles. The molecule has 0 atom stereocenters. The van der Waals surface area contributed by atoms with Crippen LogP contribution in [0.15, 0.2) is 30.7 Å². The van der Waals surface area contributed by atoms with Crippen molar-refractivity contribution in [3.63, 3.8) is 0 Å². The van der Waals surface area contributed by atoms with Crippen molar-refractivity contribution in [3.8, 4) is 0 Å². The van der Waals surface area contributed by atoms with Crippen LogP contribution in [-0.2, 0) is 14.2 Å². The Balaban J connectivity index is 2.30. The Morgan fingerprint density at radius 1 is 1.42 bits per heavy atom. The zero-order valence-electron chi connectivity index (χ0n) is 9.86. The second-order valence-corrected chi connectivity index (χ2v) is 3.52. The van der Waals surface area contributed by atoms with Crippen molar-refractivity contribution in [3.05, 3.63) is 46.4 Å². The molecule has 100 valence electrons. The zero-order valence-corrected chi connectivity index (χ0v) is 9.86. The van der Waals surface area contributed by atoms with Crippen LogP contribution in [0.5, 0.6) is 0 Å². The average molecular weight is 266 g/mol. The molecule has 1 heterocycles. The highest BCUT2D eigenvalue weighted by Crippen LogP contribution is 2.33. The number of carbonyl (C=O) groups is 1. The molecule has 0 aliphatic carbocycles. The summed E-state index contributed by atoms with van der Waals surface area (Å²) in [6, 6.07) is 4.14. The van der Waals surface area contributed by atoms with E-state index in [1.807, 2.05) is 0 Å². The van der Waals surface area contributed by atoms with Crippen molar-refractivity contribution in [2.45, 2.75) is 6.29 Å². The number of nitro benzene ring substituents is 1. The molecular weight excluding hydrogens is 256 g/mol. The number of methoxy groups -OCH3 is 1. The summed E-state index contributed by atoms with van der Waals surface area (Å²) in [5.41, 5.74) is 0.279. The second-order valence-electron chi connectivity index (χ2n) is 3.52. The minimum absolute atomic E-state index is 0.220. The molecule has 0 unspecified atom stereocenters. The first-order valence-corrected chi connectivity index (χ1v) is 5.21. The van der Waals surface area contributed by atoms with E-state index in [4.69, 9.17) is 9.47 Å². The summed E-state index contributed by atoms with van der Waals surface area (Å²) in [6.07, 6.45) is 1.04. The number of benzene rings is 1. The molecular formula is C11H10N2O6. The van der Waals surface area contributed by atoms with E-state index in [1.54, 1.807) is 0 Å². The highest BCUT2D eigenvalue weighted by atomic mass is 16.7. The van der Waals surface area contributed by atoms with Gasteiger partial charge in [-0.1, -0.05) is 0 Å². The van der Waals surface area contributed by atoms with E-state index in [0.29, 0.717) is 0 Å². The molecule has 1 amide bonds. The van der Waals surface area contributed by atoms with Gasteiger partial charge >= 0.3 is 6.09 Å². The van der Waals surface area contributed by atoms with Crippen LogP contribution in [0.2, 0.25) is 0 Å². The molecule has 8 nitrogen and oxygen atoms in total.